The maximum Gasteiger partial charge on any atom is 0.0705 e. The van der Waals surface area contributed by atoms with Gasteiger partial charge in [0.25, 0.3) is 0 Å². The van der Waals surface area contributed by atoms with Crippen LogP contribution in [0.3, 0.4) is 0 Å². The first-order valence-electron chi connectivity index (χ1n) is 7.93. The number of nitrogens with zero attached hydrogens (tertiary/aromatic N) is 1. The molecule has 0 spiro atoms. The summed E-state index contributed by atoms with van der Waals surface area (Å²) < 4.78 is 1.06. The van der Waals surface area contributed by atoms with Crippen molar-refractivity contribution in [3.05, 3.63) is 51.6 Å². The van der Waals surface area contributed by atoms with Gasteiger partial charge >= 0.3 is 0 Å². The minimum absolute atomic E-state index is 0.198. The van der Waals surface area contributed by atoms with E-state index < -0.39 is 0 Å². The predicted octanol–water partition coefficient (Wildman–Crippen LogP) is 6.24. The maximum atomic E-state index is 4.59. The summed E-state index contributed by atoms with van der Waals surface area (Å²) in [6.07, 6.45) is 1.90. The molecule has 3 rings (SSSR count). The second kappa shape index (κ2) is 4.92. The Morgan fingerprint density at radius 2 is 1.77 bits per heavy atom. The third-order valence-corrected chi connectivity index (χ3v) is 7.06. The Bertz CT molecular complexity index is 743. The van der Waals surface area contributed by atoms with E-state index in [1.807, 2.05) is 6.20 Å². The van der Waals surface area contributed by atoms with Gasteiger partial charge in [-0.05, 0) is 68.4 Å². The SMILES string of the molecule is Cc1cc(-c2ccc3c(c2)C(C)C(C)(C)C3(C)C)ncc1Br. The lowest BCUT2D eigenvalue weighted by Gasteiger charge is -2.38. The number of hydrogen-bond acceptors (Lipinski definition) is 1. The molecular weight excluding hydrogens is 334 g/mol. The van der Waals surface area contributed by atoms with Gasteiger partial charge in [-0.3, -0.25) is 4.98 Å². The lowest BCUT2D eigenvalue weighted by atomic mass is 9.65. The molecule has 0 bridgehead atoms. The minimum atomic E-state index is 0.198. The van der Waals surface area contributed by atoms with Gasteiger partial charge in [0, 0.05) is 16.2 Å². The molecule has 0 radical (unpaired) electrons. The number of fused-ring (bicyclic) bond motifs is 1. The van der Waals surface area contributed by atoms with E-state index in [1.165, 1.54) is 22.3 Å². The van der Waals surface area contributed by atoms with Crippen molar-refractivity contribution in [1.82, 2.24) is 4.98 Å². The Hall–Kier alpha value is -1.15. The highest BCUT2D eigenvalue weighted by atomic mass is 79.9. The maximum absolute atomic E-state index is 4.59. The van der Waals surface area contributed by atoms with Crippen molar-refractivity contribution in [3.63, 3.8) is 0 Å². The molecule has 1 aliphatic carbocycles. The standard InChI is InChI=1S/C20H24BrN/c1-12-9-18(22-11-17(12)21)14-7-8-16-15(10-14)13(2)19(3,4)20(16,5)6/h7-11,13H,1-6H3. The molecule has 1 unspecified atom stereocenters. The number of halogens is 1. The fraction of sp³-hybridized carbons (Fsp3) is 0.450. The minimum Gasteiger partial charge on any atom is -0.255 e. The first-order valence-corrected chi connectivity index (χ1v) is 8.72. The molecule has 0 N–H and O–H groups in total. The van der Waals surface area contributed by atoms with Crippen LogP contribution in [-0.2, 0) is 5.41 Å². The van der Waals surface area contributed by atoms with Crippen molar-refractivity contribution in [2.45, 2.75) is 52.9 Å². The van der Waals surface area contributed by atoms with Crippen LogP contribution in [0.25, 0.3) is 11.3 Å². The van der Waals surface area contributed by atoms with Gasteiger partial charge in [0.1, 0.15) is 0 Å². The van der Waals surface area contributed by atoms with Gasteiger partial charge in [0.2, 0.25) is 0 Å². The number of benzene rings is 1. The monoisotopic (exact) mass is 357 g/mol. The van der Waals surface area contributed by atoms with Gasteiger partial charge < -0.3 is 0 Å². The molecule has 0 saturated carbocycles. The van der Waals surface area contributed by atoms with Crippen LogP contribution in [0.2, 0.25) is 0 Å². The Labute approximate surface area is 142 Å². The topological polar surface area (TPSA) is 12.9 Å². The predicted molar refractivity (Wildman–Crippen MR) is 97.3 cm³/mol. The number of aromatic nitrogens is 1. The molecule has 0 fully saturated rings. The molecule has 2 aromatic rings. The van der Waals surface area contributed by atoms with E-state index >= 15 is 0 Å². The van der Waals surface area contributed by atoms with E-state index in [0.29, 0.717) is 5.92 Å². The van der Waals surface area contributed by atoms with Crippen molar-refractivity contribution in [1.29, 1.82) is 0 Å². The molecule has 22 heavy (non-hydrogen) atoms. The number of pyridine rings is 1. The van der Waals surface area contributed by atoms with Gasteiger partial charge in [-0.1, -0.05) is 46.8 Å². The average molecular weight is 358 g/mol. The quantitative estimate of drug-likeness (QED) is 0.588. The Balaban J connectivity index is 2.14. The zero-order chi connectivity index (χ0) is 16.3. The lowest BCUT2D eigenvalue weighted by Crippen LogP contribution is -2.33. The fourth-order valence-electron chi connectivity index (χ4n) is 3.62. The highest BCUT2D eigenvalue weighted by Gasteiger charge is 2.50. The van der Waals surface area contributed by atoms with E-state index in [4.69, 9.17) is 0 Å². The van der Waals surface area contributed by atoms with Gasteiger partial charge in [-0.25, -0.2) is 0 Å². The number of rotatable bonds is 1. The summed E-state index contributed by atoms with van der Waals surface area (Å²) in [4.78, 5) is 4.59. The first-order chi connectivity index (χ1) is 10.2. The third kappa shape index (κ3) is 2.07. The van der Waals surface area contributed by atoms with E-state index in [-0.39, 0.29) is 10.8 Å². The molecular formula is C20H24BrN. The number of hydrogen-bond donors (Lipinski definition) is 0. The smallest absolute Gasteiger partial charge is 0.0705 e. The Morgan fingerprint density at radius 3 is 2.41 bits per heavy atom. The van der Waals surface area contributed by atoms with Gasteiger partial charge in [0.05, 0.1) is 5.69 Å². The average Bonchev–Trinajstić information content (AvgIpc) is 2.60. The van der Waals surface area contributed by atoms with E-state index in [0.717, 1.165) is 10.2 Å². The third-order valence-electron chi connectivity index (χ3n) is 6.23. The van der Waals surface area contributed by atoms with Crippen LogP contribution in [-0.4, -0.2) is 4.98 Å². The van der Waals surface area contributed by atoms with E-state index in [1.54, 1.807) is 0 Å². The molecule has 1 nitrogen and oxygen atoms in total. The summed E-state index contributed by atoms with van der Waals surface area (Å²) in [6, 6.07) is 9.05. The molecule has 116 valence electrons. The zero-order valence-corrected chi connectivity index (χ0v) is 15.9. The summed E-state index contributed by atoms with van der Waals surface area (Å²) >= 11 is 3.53. The second-order valence-corrected chi connectivity index (χ2v) is 8.54. The first kappa shape index (κ1) is 15.7. The van der Waals surface area contributed by atoms with Gasteiger partial charge in [0.15, 0.2) is 0 Å². The van der Waals surface area contributed by atoms with Crippen molar-refractivity contribution >= 4 is 15.9 Å². The molecule has 1 atom stereocenters. The summed E-state index contributed by atoms with van der Waals surface area (Å²) in [7, 11) is 0. The number of aryl methyl sites for hydroxylation is 1. The highest BCUT2D eigenvalue weighted by molar-refractivity contribution is 9.10. The van der Waals surface area contributed by atoms with Gasteiger partial charge in [-0.15, -0.1) is 0 Å². The van der Waals surface area contributed by atoms with E-state index in [9.17, 15) is 0 Å². The van der Waals surface area contributed by atoms with E-state index in [2.05, 4.69) is 86.7 Å². The summed E-state index contributed by atoms with van der Waals surface area (Å²) in [5.41, 5.74) is 6.92. The van der Waals surface area contributed by atoms with Crippen LogP contribution >= 0.6 is 15.9 Å². The Morgan fingerprint density at radius 1 is 1.09 bits per heavy atom. The summed E-state index contributed by atoms with van der Waals surface area (Å²) in [6.45, 7) is 14.0. The highest BCUT2D eigenvalue weighted by Crippen LogP contribution is 2.58. The molecule has 1 heterocycles. The van der Waals surface area contributed by atoms with Crippen LogP contribution in [0.1, 0.15) is 57.2 Å². The second-order valence-electron chi connectivity index (χ2n) is 7.69. The summed E-state index contributed by atoms with van der Waals surface area (Å²) in [5.74, 6) is 0.550. The van der Waals surface area contributed by atoms with Crippen molar-refractivity contribution < 1.29 is 0 Å². The van der Waals surface area contributed by atoms with Crippen LogP contribution < -0.4 is 0 Å². The molecule has 1 aliphatic rings. The fourth-order valence-corrected chi connectivity index (χ4v) is 3.84. The molecule has 0 aliphatic heterocycles. The molecule has 0 amide bonds. The summed E-state index contributed by atoms with van der Waals surface area (Å²) in [5, 5.41) is 0. The normalized spacial score (nSPS) is 21.7. The molecule has 1 aromatic heterocycles. The molecule has 1 aromatic carbocycles. The van der Waals surface area contributed by atoms with Crippen molar-refractivity contribution in [2.75, 3.05) is 0 Å². The van der Waals surface area contributed by atoms with Crippen LogP contribution in [0.4, 0.5) is 0 Å². The van der Waals surface area contributed by atoms with Crippen LogP contribution in [0, 0.1) is 12.3 Å². The van der Waals surface area contributed by atoms with Gasteiger partial charge in [-0.2, -0.15) is 0 Å². The Kier molecular flexibility index (Phi) is 3.52. The van der Waals surface area contributed by atoms with Crippen LogP contribution in [0.5, 0.6) is 0 Å². The molecule has 0 saturated heterocycles. The molecule has 2 heteroatoms. The largest absolute Gasteiger partial charge is 0.255 e. The van der Waals surface area contributed by atoms with Crippen molar-refractivity contribution in [2.24, 2.45) is 5.41 Å². The lowest BCUT2D eigenvalue weighted by molar-refractivity contribution is 0.190. The van der Waals surface area contributed by atoms with Crippen molar-refractivity contribution in [3.8, 4) is 11.3 Å². The van der Waals surface area contributed by atoms with Crippen LogP contribution in [0.15, 0.2) is 34.9 Å². The zero-order valence-electron chi connectivity index (χ0n) is 14.3.